The monoisotopic (exact) mass is 126 g/mol. The highest BCUT2D eigenvalue weighted by atomic mass is 15.2. The molecule has 0 aromatic carbocycles. The van der Waals surface area contributed by atoms with Gasteiger partial charge in [0, 0.05) is 6.04 Å². The summed E-state index contributed by atoms with van der Waals surface area (Å²) in [6.45, 7) is 3.59. The molecule has 9 heavy (non-hydrogen) atoms. The molecule has 4 heteroatoms. The van der Waals surface area contributed by atoms with Gasteiger partial charge >= 0.3 is 0 Å². The minimum Gasteiger partial charge on any atom is -0.369 e. The molecule has 0 fully saturated rings. The quantitative estimate of drug-likeness (QED) is 0.226. The summed E-state index contributed by atoms with van der Waals surface area (Å²) in [5, 5.41) is 15.2. The molecule has 0 aliphatic heterocycles. The Hall–Kier alpha value is -1.24. The van der Waals surface area contributed by atoms with Gasteiger partial charge < -0.3 is 5.73 Å². The van der Waals surface area contributed by atoms with E-state index in [-0.39, 0.29) is 12.0 Å². The van der Waals surface area contributed by atoms with Crippen molar-refractivity contribution < 1.29 is 0 Å². The predicted octanol–water partition coefficient (Wildman–Crippen LogP) is 0.0714. The highest BCUT2D eigenvalue weighted by molar-refractivity contribution is 5.76. The van der Waals surface area contributed by atoms with Gasteiger partial charge in [-0.25, -0.2) is 4.90 Å². The highest BCUT2D eigenvalue weighted by Crippen LogP contribution is 1.91. The van der Waals surface area contributed by atoms with E-state index in [0.29, 0.717) is 0 Å². The number of hydrogen-bond acceptors (Lipinski definition) is 2. The third-order valence-corrected chi connectivity index (χ3v) is 0.884. The van der Waals surface area contributed by atoms with Gasteiger partial charge in [-0.2, -0.15) is 5.26 Å². The molecule has 4 nitrogen and oxygen atoms in total. The van der Waals surface area contributed by atoms with Crippen LogP contribution < -0.4 is 5.73 Å². The Labute approximate surface area is 54.4 Å². The van der Waals surface area contributed by atoms with Crippen molar-refractivity contribution in [1.29, 1.82) is 10.7 Å². The van der Waals surface area contributed by atoms with Gasteiger partial charge in [0.15, 0.2) is 6.19 Å². The van der Waals surface area contributed by atoms with Gasteiger partial charge in [-0.1, -0.05) is 0 Å². The van der Waals surface area contributed by atoms with Crippen molar-refractivity contribution in [3.63, 3.8) is 0 Å². The topological polar surface area (TPSA) is 76.9 Å². The summed E-state index contributed by atoms with van der Waals surface area (Å²) in [4.78, 5) is 1.12. The minimum absolute atomic E-state index is 0.0208. The highest BCUT2D eigenvalue weighted by Gasteiger charge is 2.07. The number of nitrogens with zero attached hydrogens (tertiary/aromatic N) is 2. The largest absolute Gasteiger partial charge is 0.369 e. The van der Waals surface area contributed by atoms with Gasteiger partial charge in [-0.3, -0.25) is 5.41 Å². The van der Waals surface area contributed by atoms with E-state index >= 15 is 0 Å². The van der Waals surface area contributed by atoms with Crippen LogP contribution in [0.4, 0.5) is 0 Å². The van der Waals surface area contributed by atoms with Crippen LogP contribution in [0.15, 0.2) is 0 Å². The summed E-state index contributed by atoms with van der Waals surface area (Å²) >= 11 is 0. The lowest BCUT2D eigenvalue weighted by Gasteiger charge is -2.16. The van der Waals surface area contributed by atoms with Crippen molar-refractivity contribution in [2.45, 2.75) is 19.9 Å². The second-order valence-electron chi connectivity index (χ2n) is 1.95. The maximum atomic E-state index is 8.32. The number of guanidine groups is 1. The van der Waals surface area contributed by atoms with Gasteiger partial charge in [0.05, 0.1) is 0 Å². The molecule has 50 valence electrons. The Morgan fingerprint density at radius 2 is 2.22 bits per heavy atom. The summed E-state index contributed by atoms with van der Waals surface area (Å²) in [5.74, 6) is -0.201. The Morgan fingerprint density at radius 3 is 2.22 bits per heavy atom. The molecular weight excluding hydrogens is 116 g/mol. The summed E-state index contributed by atoms with van der Waals surface area (Å²) in [6.07, 6.45) is 1.78. The predicted molar refractivity (Wildman–Crippen MR) is 34.5 cm³/mol. The molecule has 0 radical (unpaired) electrons. The van der Waals surface area contributed by atoms with Crippen LogP contribution in [0.25, 0.3) is 0 Å². The van der Waals surface area contributed by atoms with Crippen molar-refractivity contribution in [1.82, 2.24) is 4.90 Å². The zero-order valence-electron chi connectivity index (χ0n) is 5.55. The lowest BCUT2D eigenvalue weighted by atomic mass is 10.4. The standard InChI is InChI=1S/C5H10N4/c1-4(2)9(3-6)5(7)8/h4H,1-2H3,(H3,7,8). The first-order valence-electron chi connectivity index (χ1n) is 2.62. The minimum atomic E-state index is -0.201. The molecule has 0 aliphatic rings. The van der Waals surface area contributed by atoms with Crippen LogP contribution in [-0.4, -0.2) is 16.9 Å². The third kappa shape index (κ3) is 2.00. The van der Waals surface area contributed by atoms with Crippen molar-refractivity contribution in [2.24, 2.45) is 5.73 Å². The Kier molecular flexibility index (Phi) is 2.52. The summed E-state index contributed by atoms with van der Waals surface area (Å²) in [6, 6.07) is -0.0208. The molecule has 0 rings (SSSR count). The second kappa shape index (κ2) is 2.92. The SMILES string of the molecule is CC(C)N(C#N)C(=N)N. The van der Waals surface area contributed by atoms with Crippen LogP contribution in [0.3, 0.4) is 0 Å². The molecule has 3 N–H and O–H groups in total. The van der Waals surface area contributed by atoms with E-state index in [4.69, 9.17) is 16.4 Å². The van der Waals surface area contributed by atoms with E-state index in [0.717, 1.165) is 4.90 Å². The molecule has 0 bridgehead atoms. The van der Waals surface area contributed by atoms with Crippen LogP contribution in [0.2, 0.25) is 0 Å². The van der Waals surface area contributed by atoms with Crippen molar-refractivity contribution in [2.75, 3.05) is 0 Å². The summed E-state index contributed by atoms with van der Waals surface area (Å²) < 4.78 is 0. The summed E-state index contributed by atoms with van der Waals surface area (Å²) in [5.41, 5.74) is 5.03. The lowest BCUT2D eigenvalue weighted by Crippen LogP contribution is -2.37. The summed E-state index contributed by atoms with van der Waals surface area (Å²) in [7, 11) is 0. The van der Waals surface area contributed by atoms with Gasteiger partial charge in [0.2, 0.25) is 5.96 Å². The molecule has 0 saturated carbocycles. The zero-order chi connectivity index (χ0) is 7.44. The molecule has 0 saturated heterocycles. The molecule has 0 atom stereocenters. The second-order valence-corrected chi connectivity index (χ2v) is 1.95. The third-order valence-electron chi connectivity index (χ3n) is 0.884. The molecule has 0 spiro atoms. The first kappa shape index (κ1) is 7.76. The van der Waals surface area contributed by atoms with Crippen LogP contribution in [0.1, 0.15) is 13.8 Å². The average molecular weight is 126 g/mol. The first-order chi connectivity index (χ1) is 4.09. The maximum Gasteiger partial charge on any atom is 0.202 e. The smallest absolute Gasteiger partial charge is 0.202 e. The average Bonchev–Trinajstić information content (AvgIpc) is 1.64. The van der Waals surface area contributed by atoms with E-state index in [1.54, 1.807) is 20.0 Å². The Balaban J connectivity index is 4.04. The van der Waals surface area contributed by atoms with Crippen molar-refractivity contribution in [3.05, 3.63) is 0 Å². The number of nitrogens with two attached hydrogens (primary N) is 1. The van der Waals surface area contributed by atoms with Gasteiger partial charge in [-0.05, 0) is 13.8 Å². The zero-order valence-corrected chi connectivity index (χ0v) is 5.55. The van der Waals surface area contributed by atoms with Gasteiger partial charge in [0.1, 0.15) is 0 Å². The molecule has 0 aromatic heterocycles. The molecule has 0 aromatic rings. The number of nitriles is 1. The fourth-order valence-electron chi connectivity index (χ4n) is 0.448. The van der Waals surface area contributed by atoms with E-state index in [1.807, 2.05) is 0 Å². The fourth-order valence-corrected chi connectivity index (χ4v) is 0.448. The van der Waals surface area contributed by atoms with E-state index in [1.165, 1.54) is 0 Å². The normalized spacial score (nSPS) is 8.67. The van der Waals surface area contributed by atoms with Crippen molar-refractivity contribution in [3.8, 4) is 6.19 Å². The fraction of sp³-hybridized carbons (Fsp3) is 0.600. The van der Waals surface area contributed by atoms with Crippen LogP contribution in [0, 0.1) is 16.9 Å². The molecule has 0 unspecified atom stereocenters. The van der Waals surface area contributed by atoms with E-state index in [2.05, 4.69) is 0 Å². The lowest BCUT2D eigenvalue weighted by molar-refractivity contribution is 0.467. The molecule has 0 aliphatic carbocycles. The van der Waals surface area contributed by atoms with E-state index in [9.17, 15) is 0 Å². The van der Waals surface area contributed by atoms with E-state index < -0.39 is 0 Å². The maximum absolute atomic E-state index is 8.32. The molecular formula is C5H10N4. The number of rotatable bonds is 1. The Morgan fingerprint density at radius 1 is 1.78 bits per heavy atom. The van der Waals surface area contributed by atoms with Gasteiger partial charge in [0.25, 0.3) is 0 Å². The number of nitrogens with one attached hydrogen (secondary N) is 1. The molecule has 0 amide bonds. The Bertz CT molecular complexity index is 144. The van der Waals surface area contributed by atoms with Crippen LogP contribution in [0.5, 0.6) is 0 Å². The number of hydrogen-bond donors (Lipinski definition) is 2. The molecule has 0 heterocycles. The van der Waals surface area contributed by atoms with Gasteiger partial charge in [-0.15, -0.1) is 0 Å². The van der Waals surface area contributed by atoms with Crippen LogP contribution in [-0.2, 0) is 0 Å². The van der Waals surface area contributed by atoms with Crippen LogP contribution >= 0.6 is 0 Å². The first-order valence-corrected chi connectivity index (χ1v) is 2.62. The van der Waals surface area contributed by atoms with Crippen molar-refractivity contribution >= 4 is 5.96 Å².